The average Bonchev–Trinajstić information content (AvgIpc) is 2.17. The molecular weight excluding hydrogens is 176 g/mol. The van der Waals surface area contributed by atoms with E-state index in [2.05, 4.69) is 4.90 Å². The van der Waals surface area contributed by atoms with E-state index in [0.717, 1.165) is 24.9 Å². The monoisotopic (exact) mass is 196 g/mol. The van der Waals surface area contributed by atoms with Crippen LogP contribution in [0.5, 0.6) is 0 Å². The van der Waals surface area contributed by atoms with E-state index in [1.165, 1.54) is 32.1 Å². The molecule has 1 aliphatic heterocycles. The molecule has 2 fully saturated rings. The summed E-state index contributed by atoms with van der Waals surface area (Å²) in [5.74, 6) is 1.60. The van der Waals surface area contributed by atoms with Crippen molar-refractivity contribution in [2.45, 2.75) is 32.1 Å². The van der Waals surface area contributed by atoms with Gasteiger partial charge >= 0.3 is 0 Å². The maximum Gasteiger partial charge on any atom is 0.231 e. The number of rotatable bonds is 2. The maximum atomic E-state index is 10.8. The van der Waals surface area contributed by atoms with Crippen molar-refractivity contribution in [3.05, 3.63) is 0 Å². The fourth-order valence-electron chi connectivity index (χ4n) is 3.04. The molecule has 0 aromatic heterocycles. The highest BCUT2D eigenvalue weighted by Crippen LogP contribution is 2.35. The number of likely N-dealkylation sites (tertiary alicyclic amines) is 1. The van der Waals surface area contributed by atoms with E-state index < -0.39 is 0 Å². The van der Waals surface area contributed by atoms with Crippen LogP contribution in [0.1, 0.15) is 32.1 Å². The summed E-state index contributed by atoms with van der Waals surface area (Å²) in [6.07, 6.45) is 6.84. The lowest BCUT2D eigenvalue weighted by molar-refractivity contribution is -0.119. The first-order chi connectivity index (χ1) is 6.75. The molecule has 0 aromatic carbocycles. The van der Waals surface area contributed by atoms with Gasteiger partial charge in [-0.2, -0.15) is 0 Å². The highest BCUT2D eigenvalue weighted by molar-refractivity contribution is 5.75. The zero-order valence-electron chi connectivity index (χ0n) is 8.74. The van der Waals surface area contributed by atoms with Gasteiger partial charge in [-0.25, -0.2) is 0 Å². The predicted octanol–water partition coefficient (Wildman–Crippen LogP) is 0.984. The summed E-state index contributed by atoms with van der Waals surface area (Å²) in [4.78, 5) is 13.0. The number of carbonyl (C=O) groups excluding carboxylic acids is 1. The largest absolute Gasteiger partial charge is 0.369 e. The highest BCUT2D eigenvalue weighted by atomic mass is 16.1. The second kappa shape index (κ2) is 4.30. The third-order valence-electron chi connectivity index (χ3n) is 3.75. The number of hydrogen-bond acceptors (Lipinski definition) is 2. The van der Waals surface area contributed by atoms with Gasteiger partial charge in [-0.1, -0.05) is 19.3 Å². The first kappa shape index (κ1) is 9.97. The summed E-state index contributed by atoms with van der Waals surface area (Å²) in [6.45, 7) is 2.64. The zero-order chi connectivity index (χ0) is 9.97. The molecule has 0 aromatic rings. The van der Waals surface area contributed by atoms with E-state index in [1.807, 2.05) is 0 Å². The van der Waals surface area contributed by atoms with Gasteiger partial charge in [0.25, 0.3) is 0 Å². The second-order valence-corrected chi connectivity index (χ2v) is 4.79. The van der Waals surface area contributed by atoms with E-state index in [4.69, 9.17) is 5.73 Å². The van der Waals surface area contributed by atoms with Gasteiger partial charge in [-0.05, 0) is 31.2 Å². The molecule has 1 saturated carbocycles. The van der Waals surface area contributed by atoms with Crippen LogP contribution in [0.25, 0.3) is 0 Å². The molecule has 1 heterocycles. The fourth-order valence-corrected chi connectivity index (χ4v) is 3.04. The molecule has 14 heavy (non-hydrogen) atoms. The quantitative estimate of drug-likeness (QED) is 0.715. The average molecular weight is 196 g/mol. The van der Waals surface area contributed by atoms with Gasteiger partial charge in [-0.3, -0.25) is 9.69 Å². The predicted molar refractivity (Wildman–Crippen MR) is 55.7 cm³/mol. The molecule has 1 aliphatic carbocycles. The third-order valence-corrected chi connectivity index (χ3v) is 3.75. The number of carbonyl (C=O) groups is 1. The van der Waals surface area contributed by atoms with Crippen LogP contribution in [0.15, 0.2) is 0 Å². The Kier molecular flexibility index (Phi) is 3.06. The van der Waals surface area contributed by atoms with E-state index in [9.17, 15) is 4.79 Å². The second-order valence-electron chi connectivity index (χ2n) is 4.79. The van der Waals surface area contributed by atoms with Gasteiger partial charge in [-0.15, -0.1) is 0 Å². The lowest BCUT2D eigenvalue weighted by Crippen LogP contribution is -2.45. The van der Waals surface area contributed by atoms with Crippen molar-refractivity contribution in [2.24, 2.45) is 17.6 Å². The summed E-state index contributed by atoms with van der Waals surface area (Å²) >= 11 is 0. The fraction of sp³-hybridized carbons (Fsp3) is 0.909. The number of nitrogens with two attached hydrogens (primary N) is 1. The van der Waals surface area contributed by atoms with E-state index >= 15 is 0 Å². The van der Waals surface area contributed by atoms with Crippen LogP contribution < -0.4 is 5.73 Å². The number of hydrogen-bond donors (Lipinski definition) is 1. The number of piperidine rings is 1. The minimum Gasteiger partial charge on any atom is -0.369 e. The Labute approximate surface area is 85.6 Å². The zero-order valence-corrected chi connectivity index (χ0v) is 8.74. The van der Waals surface area contributed by atoms with Crippen LogP contribution in [0.3, 0.4) is 0 Å². The van der Waals surface area contributed by atoms with Crippen LogP contribution >= 0.6 is 0 Å². The van der Waals surface area contributed by atoms with Crippen molar-refractivity contribution >= 4 is 5.91 Å². The van der Waals surface area contributed by atoms with E-state index in [0.29, 0.717) is 6.54 Å². The third kappa shape index (κ3) is 2.27. The molecule has 0 bridgehead atoms. The van der Waals surface area contributed by atoms with Crippen molar-refractivity contribution in [3.8, 4) is 0 Å². The molecular formula is C11H20N2O. The summed E-state index contributed by atoms with van der Waals surface area (Å²) in [5, 5.41) is 0. The lowest BCUT2D eigenvalue weighted by Gasteiger charge is -2.40. The molecule has 3 heteroatoms. The molecule has 2 N–H and O–H groups in total. The van der Waals surface area contributed by atoms with Crippen molar-refractivity contribution in [3.63, 3.8) is 0 Å². The molecule has 3 nitrogen and oxygen atoms in total. The Morgan fingerprint density at radius 3 is 2.64 bits per heavy atom. The number of nitrogens with zero attached hydrogens (tertiary/aromatic N) is 1. The van der Waals surface area contributed by atoms with Crippen molar-refractivity contribution in [2.75, 3.05) is 19.6 Å². The Hall–Kier alpha value is -0.570. The van der Waals surface area contributed by atoms with Gasteiger partial charge in [0, 0.05) is 6.54 Å². The molecule has 2 aliphatic rings. The van der Waals surface area contributed by atoms with Gasteiger partial charge in [0.2, 0.25) is 5.91 Å². The number of primary amides is 1. The van der Waals surface area contributed by atoms with Gasteiger partial charge in [0.05, 0.1) is 6.54 Å². The minimum absolute atomic E-state index is 0.181. The van der Waals surface area contributed by atoms with Crippen LogP contribution in [-0.2, 0) is 4.79 Å². The smallest absolute Gasteiger partial charge is 0.231 e. The summed E-state index contributed by atoms with van der Waals surface area (Å²) < 4.78 is 0. The number of amides is 1. The molecule has 1 saturated heterocycles. The van der Waals surface area contributed by atoms with Gasteiger partial charge in [0.15, 0.2) is 0 Å². The van der Waals surface area contributed by atoms with Crippen LogP contribution in [0.2, 0.25) is 0 Å². The van der Waals surface area contributed by atoms with Crippen LogP contribution in [0.4, 0.5) is 0 Å². The molecule has 1 amide bonds. The number of fused-ring (bicyclic) bond motifs is 1. The maximum absolute atomic E-state index is 10.8. The lowest BCUT2D eigenvalue weighted by atomic mass is 9.75. The molecule has 2 rings (SSSR count). The van der Waals surface area contributed by atoms with Crippen LogP contribution in [0, 0.1) is 11.8 Å². The Morgan fingerprint density at radius 2 is 1.93 bits per heavy atom. The van der Waals surface area contributed by atoms with Gasteiger partial charge < -0.3 is 5.73 Å². The Morgan fingerprint density at radius 1 is 1.21 bits per heavy atom. The molecule has 0 spiro atoms. The first-order valence-electron chi connectivity index (χ1n) is 5.76. The molecule has 0 radical (unpaired) electrons. The van der Waals surface area contributed by atoms with Crippen molar-refractivity contribution in [1.29, 1.82) is 0 Å². The first-order valence-corrected chi connectivity index (χ1v) is 5.76. The minimum atomic E-state index is -0.181. The Balaban J connectivity index is 1.86. The SMILES string of the molecule is NC(=O)CN1CCC2CCCCC2C1. The summed E-state index contributed by atoms with van der Waals surface area (Å²) in [6, 6.07) is 0. The molecule has 2 atom stereocenters. The van der Waals surface area contributed by atoms with Crippen molar-refractivity contribution in [1.82, 2.24) is 4.90 Å². The van der Waals surface area contributed by atoms with Crippen LogP contribution in [-0.4, -0.2) is 30.4 Å². The standard InChI is InChI=1S/C11H20N2O/c12-11(14)8-13-6-5-9-3-1-2-4-10(9)7-13/h9-10H,1-8H2,(H2,12,14). The van der Waals surface area contributed by atoms with E-state index in [-0.39, 0.29) is 5.91 Å². The van der Waals surface area contributed by atoms with E-state index in [1.54, 1.807) is 0 Å². The Bertz CT molecular complexity index is 217. The molecule has 2 unspecified atom stereocenters. The van der Waals surface area contributed by atoms with Gasteiger partial charge in [0.1, 0.15) is 0 Å². The summed E-state index contributed by atoms with van der Waals surface area (Å²) in [5.41, 5.74) is 5.21. The highest BCUT2D eigenvalue weighted by Gasteiger charge is 2.31. The summed E-state index contributed by atoms with van der Waals surface area (Å²) in [7, 11) is 0. The molecule has 80 valence electrons. The van der Waals surface area contributed by atoms with Crippen molar-refractivity contribution < 1.29 is 4.79 Å². The topological polar surface area (TPSA) is 46.3 Å². The normalized spacial score (nSPS) is 33.7.